The average Bonchev–Trinajstić information content (AvgIpc) is 3.35. The van der Waals surface area contributed by atoms with Crippen molar-refractivity contribution in [1.82, 2.24) is 25.1 Å². The van der Waals surface area contributed by atoms with E-state index >= 15 is 0 Å². The van der Waals surface area contributed by atoms with Gasteiger partial charge in [0.25, 0.3) is 0 Å². The van der Waals surface area contributed by atoms with Gasteiger partial charge in [-0.25, -0.2) is 18.1 Å². The zero-order valence-electron chi connectivity index (χ0n) is 22.7. The second-order valence-corrected chi connectivity index (χ2v) is 12.6. The largest absolute Gasteiger partial charge is 0.344 e. The van der Waals surface area contributed by atoms with Crippen LogP contribution < -0.4 is 15.8 Å². The van der Waals surface area contributed by atoms with Crippen LogP contribution in [0.3, 0.4) is 0 Å². The second kappa shape index (κ2) is 10.3. The van der Waals surface area contributed by atoms with E-state index in [9.17, 15) is 18.0 Å². The van der Waals surface area contributed by atoms with E-state index in [1.807, 2.05) is 37.4 Å². The van der Waals surface area contributed by atoms with Gasteiger partial charge < -0.3 is 10.6 Å². The number of nitrogens with two attached hydrogens (primary N) is 1. The number of carbonyl (C=O) groups excluding carboxylic acids is 2. The molecule has 2 aromatic heterocycles. The summed E-state index contributed by atoms with van der Waals surface area (Å²) in [6, 6.07) is 2.83. The minimum Gasteiger partial charge on any atom is -0.344 e. The van der Waals surface area contributed by atoms with E-state index in [0.29, 0.717) is 17.2 Å². The molecule has 1 unspecified atom stereocenters. The maximum Gasteiger partial charge on any atom is 0.246 e. The number of hydrogen-bond acceptors (Lipinski definition) is 6. The molecule has 0 aliphatic carbocycles. The Morgan fingerprint density at radius 2 is 1.73 bits per heavy atom. The monoisotopic (exact) mass is 531 g/mol. The van der Waals surface area contributed by atoms with E-state index in [1.54, 1.807) is 13.8 Å². The number of hydrogen-bond donors (Lipinski definition) is 4. The highest BCUT2D eigenvalue weighted by molar-refractivity contribution is 7.89. The zero-order valence-corrected chi connectivity index (χ0v) is 23.5. The third kappa shape index (κ3) is 6.37. The summed E-state index contributed by atoms with van der Waals surface area (Å²) in [5.74, 6) is -1.11. The van der Waals surface area contributed by atoms with Gasteiger partial charge in [0.1, 0.15) is 6.04 Å². The Kier molecular flexibility index (Phi) is 7.85. The highest BCUT2D eigenvalue weighted by atomic mass is 32.2. The molecule has 0 bridgehead atoms. The summed E-state index contributed by atoms with van der Waals surface area (Å²) >= 11 is 0. The molecule has 37 heavy (non-hydrogen) atoms. The molecule has 202 valence electrons. The van der Waals surface area contributed by atoms with Gasteiger partial charge in [-0.2, -0.15) is 0 Å². The number of aryl methyl sites for hydroxylation is 2. The first-order valence-electron chi connectivity index (χ1n) is 12.2. The number of H-pyrrole nitrogens is 1. The first-order chi connectivity index (χ1) is 17.0. The molecule has 1 atom stereocenters. The molecule has 2 heterocycles. The van der Waals surface area contributed by atoms with Gasteiger partial charge in [-0.3, -0.25) is 14.7 Å². The van der Waals surface area contributed by atoms with E-state index in [0.717, 1.165) is 27.9 Å². The molecule has 0 aliphatic rings. The van der Waals surface area contributed by atoms with Gasteiger partial charge >= 0.3 is 0 Å². The molecule has 1 aromatic carbocycles. The lowest BCUT2D eigenvalue weighted by Gasteiger charge is -2.22. The summed E-state index contributed by atoms with van der Waals surface area (Å²) in [6.07, 6.45) is -0.150. The summed E-state index contributed by atoms with van der Waals surface area (Å²) in [5, 5.41) is 22.8. The number of nitrogens with one attached hydrogen (secondary N) is 3. The Balaban J connectivity index is 2.02. The molecule has 3 aromatic rings. The Labute approximate surface area is 217 Å². The standard InChI is InChI=1S/C25H37N7O4S/c1-13(2)23(33)27-17(9-10-37(26,35)36)24(34)28-21-15(4)11-14(3)20(16(21)5)22-30-29-19-12-18(25(6,7)8)31-32(19)22/h11-13,17,31H,9-10H2,1-8H3,(H,27,33)(H,28,34)(H2,26,35,36). The van der Waals surface area contributed by atoms with Crippen molar-refractivity contribution in [3.63, 3.8) is 0 Å². The van der Waals surface area contributed by atoms with E-state index in [2.05, 4.69) is 46.7 Å². The molecular weight excluding hydrogens is 494 g/mol. The molecule has 0 spiro atoms. The number of aromatic amines is 1. The quantitative estimate of drug-likeness (QED) is 0.349. The van der Waals surface area contributed by atoms with Crippen LogP contribution in [0.15, 0.2) is 12.1 Å². The van der Waals surface area contributed by atoms with Crippen LogP contribution in [0.1, 0.15) is 63.4 Å². The van der Waals surface area contributed by atoms with Gasteiger partial charge in [0.2, 0.25) is 21.8 Å². The Morgan fingerprint density at radius 3 is 2.30 bits per heavy atom. The van der Waals surface area contributed by atoms with Crippen molar-refractivity contribution in [2.75, 3.05) is 11.1 Å². The number of nitrogens with zero attached hydrogens (tertiary/aromatic N) is 3. The van der Waals surface area contributed by atoms with Crippen molar-refractivity contribution in [1.29, 1.82) is 0 Å². The molecule has 0 radical (unpaired) electrons. The smallest absolute Gasteiger partial charge is 0.246 e. The van der Waals surface area contributed by atoms with Crippen molar-refractivity contribution < 1.29 is 18.0 Å². The fourth-order valence-corrected chi connectivity index (χ4v) is 4.71. The van der Waals surface area contributed by atoms with Gasteiger partial charge in [0.05, 0.1) is 5.75 Å². The topological polar surface area (TPSA) is 164 Å². The third-order valence-corrected chi connectivity index (χ3v) is 7.10. The predicted molar refractivity (Wildman–Crippen MR) is 144 cm³/mol. The number of sulfonamides is 1. The summed E-state index contributed by atoms with van der Waals surface area (Å²) in [5.41, 5.74) is 5.49. The first kappa shape index (κ1) is 28.3. The fraction of sp³-hybridized carbons (Fsp3) is 0.520. The maximum absolute atomic E-state index is 13.3. The van der Waals surface area contributed by atoms with Crippen molar-refractivity contribution >= 4 is 33.2 Å². The Hall–Kier alpha value is -3.25. The number of primary sulfonamides is 1. The first-order valence-corrected chi connectivity index (χ1v) is 13.9. The van der Waals surface area contributed by atoms with Crippen molar-refractivity contribution in [3.8, 4) is 11.4 Å². The number of anilines is 1. The molecule has 2 amide bonds. The number of carbonyl (C=O) groups is 2. The highest BCUT2D eigenvalue weighted by Gasteiger charge is 2.27. The van der Waals surface area contributed by atoms with Crippen molar-refractivity contribution in [3.05, 3.63) is 34.5 Å². The number of aromatic nitrogens is 4. The summed E-state index contributed by atoms with van der Waals surface area (Å²) in [4.78, 5) is 25.6. The van der Waals surface area contributed by atoms with Crippen LogP contribution in [0.4, 0.5) is 5.69 Å². The number of rotatable bonds is 8. The minimum absolute atomic E-state index is 0.110. The number of fused-ring (bicyclic) bond motifs is 1. The van der Waals surface area contributed by atoms with Crippen LogP contribution in [0.5, 0.6) is 0 Å². The van der Waals surface area contributed by atoms with Gasteiger partial charge in [-0.1, -0.05) is 40.7 Å². The third-order valence-electron chi connectivity index (χ3n) is 6.29. The molecule has 0 fully saturated rings. The number of amides is 2. The predicted octanol–water partition coefficient (Wildman–Crippen LogP) is 2.71. The Morgan fingerprint density at radius 1 is 1.08 bits per heavy atom. The molecule has 12 heteroatoms. The summed E-state index contributed by atoms with van der Waals surface area (Å²) in [6.45, 7) is 15.4. The van der Waals surface area contributed by atoms with Crippen molar-refractivity contribution in [2.45, 2.75) is 73.3 Å². The minimum atomic E-state index is -3.82. The number of benzene rings is 1. The van der Waals surface area contributed by atoms with E-state index in [-0.39, 0.29) is 23.7 Å². The van der Waals surface area contributed by atoms with Gasteiger partial charge in [0.15, 0.2) is 11.5 Å². The summed E-state index contributed by atoms with van der Waals surface area (Å²) in [7, 11) is -3.82. The fourth-order valence-electron chi connectivity index (χ4n) is 4.15. The second-order valence-electron chi connectivity index (χ2n) is 10.9. The van der Waals surface area contributed by atoms with E-state index in [1.165, 1.54) is 0 Å². The van der Waals surface area contributed by atoms with Crippen LogP contribution in [-0.2, 0) is 25.0 Å². The summed E-state index contributed by atoms with van der Waals surface area (Å²) < 4.78 is 24.9. The van der Waals surface area contributed by atoms with Crippen LogP contribution in [0, 0.1) is 26.7 Å². The molecule has 11 nitrogen and oxygen atoms in total. The van der Waals surface area contributed by atoms with Gasteiger partial charge in [0, 0.05) is 34.3 Å². The highest BCUT2D eigenvalue weighted by Crippen LogP contribution is 2.34. The molecule has 5 N–H and O–H groups in total. The zero-order chi connectivity index (χ0) is 27.9. The molecule has 3 rings (SSSR count). The van der Waals surface area contributed by atoms with Crippen molar-refractivity contribution in [2.24, 2.45) is 11.1 Å². The van der Waals surface area contributed by atoms with Crippen LogP contribution in [0.25, 0.3) is 17.0 Å². The lowest BCUT2D eigenvalue weighted by Crippen LogP contribution is -2.46. The molecule has 0 aliphatic heterocycles. The van der Waals surface area contributed by atoms with Gasteiger partial charge in [-0.15, -0.1) is 10.2 Å². The normalized spacial score (nSPS) is 13.2. The molecule has 0 saturated carbocycles. The Bertz CT molecular complexity index is 1450. The van der Waals surface area contributed by atoms with E-state index < -0.39 is 27.7 Å². The lowest BCUT2D eigenvalue weighted by atomic mass is 9.93. The van der Waals surface area contributed by atoms with Crippen LogP contribution in [0.2, 0.25) is 0 Å². The molecular formula is C25H37N7O4S. The molecule has 0 saturated heterocycles. The maximum atomic E-state index is 13.3. The van der Waals surface area contributed by atoms with Gasteiger partial charge in [-0.05, 0) is 43.9 Å². The lowest BCUT2D eigenvalue weighted by molar-refractivity contribution is -0.128. The van der Waals surface area contributed by atoms with Crippen LogP contribution >= 0.6 is 0 Å². The van der Waals surface area contributed by atoms with Crippen LogP contribution in [-0.4, -0.2) is 51.8 Å². The average molecular weight is 532 g/mol. The van der Waals surface area contributed by atoms with E-state index in [4.69, 9.17) is 5.14 Å². The SMILES string of the molecule is Cc1cc(C)c(-c2nnc3cc(C(C)(C)C)[nH]n23)c(C)c1NC(=O)C(CCS(N)(=O)=O)NC(=O)C(C)C.